The van der Waals surface area contributed by atoms with Gasteiger partial charge in [0.15, 0.2) is 0 Å². The molecule has 0 aliphatic carbocycles. The van der Waals surface area contributed by atoms with Gasteiger partial charge < -0.3 is 14.7 Å². The fourth-order valence-electron chi connectivity index (χ4n) is 3.33. The van der Waals surface area contributed by atoms with Gasteiger partial charge >= 0.3 is 6.01 Å². The number of rotatable bonds is 3. The molecule has 148 valence electrons. The molecule has 0 bridgehead atoms. The van der Waals surface area contributed by atoms with Crippen LogP contribution in [0.1, 0.15) is 20.7 Å². The second-order valence-corrected chi connectivity index (χ2v) is 6.66. The van der Waals surface area contributed by atoms with Crippen LogP contribution >= 0.6 is 0 Å². The van der Waals surface area contributed by atoms with E-state index in [0.717, 1.165) is 39.9 Å². The maximum Gasteiger partial charge on any atom is 0.313 e. The number of nitrogens with two attached hydrogens (primary N) is 1. The number of carbonyl (C=O) groups excluding carboxylic acids is 2. The molecule has 0 aliphatic heterocycles. The van der Waals surface area contributed by atoms with Crippen molar-refractivity contribution >= 4 is 40.4 Å². The van der Waals surface area contributed by atoms with Crippen molar-refractivity contribution < 1.29 is 14.0 Å². The molecule has 0 aliphatic rings. The molecule has 2 aromatic heterocycles. The Kier molecular flexibility index (Phi) is 5.09. The fourth-order valence-corrected chi connectivity index (χ4v) is 3.33. The number of fused-ring (bicyclic) bond motifs is 3. The quantitative estimate of drug-likeness (QED) is 0.455. The normalized spacial score (nSPS) is 10.6. The van der Waals surface area contributed by atoms with Crippen molar-refractivity contribution in [2.75, 3.05) is 5.73 Å². The van der Waals surface area contributed by atoms with Crippen molar-refractivity contribution in [3.63, 3.8) is 0 Å². The summed E-state index contributed by atoms with van der Waals surface area (Å²) in [6.07, 6.45) is 1.67. The average molecular weight is 398 g/mol. The van der Waals surface area contributed by atoms with Crippen molar-refractivity contribution in [1.29, 1.82) is 0 Å². The van der Waals surface area contributed by atoms with Gasteiger partial charge in [0.2, 0.25) is 5.89 Å². The summed E-state index contributed by atoms with van der Waals surface area (Å²) in [4.78, 5) is 21.7. The molecule has 0 saturated carbocycles. The number of hydrogen-bond acceptors (Lipinski definition) is 6. The van der Waals surface area contributed by atoms with Crippen LogP contribution < -0.4 is 5.73 Å². The van der Waals surface area contributed by atoms with E-state index >= 15 is 0 Å². The van der Waals surface area contributed by atoms with Crippen molar-refractivity contribution in [3.8, 4) is 11.5 Å². The van der Waals surface area contributed by atoms with E-state index in [1.807, 2.05) is 61.6 Å². The second-order valence-electron chi connectivity index (χ2n) is 6.66. The lowest BCUT2D eigenvalue weighted by molar-refractivity contribution is 0.111. The van der Waals surface area contributed by atoms with E-state index in [4.69, 9.17) is 10.2 Å². The first-order valence-corrected chi connectivity index (χ1v) is 9.17. The van der Waals surface area contributed by atoms with Gasteiger partial charge in [0.05, 0.1) is 0 Å². The molecule has 5 aromatic rings. The molecular weight excluding hydrogens is 380 g/mol. The van der Waals surface area contributed by atoms with E-state index in [9.17, 15) is 9.59 Å². The number of benzene rings is 3. The summed E-state index contributed by atoms with van der Waals surface area (Å²) in [5.41, 5.74) is 9.55. The van der Waals surface area contributed by atoms with E-state index in [2.05, 4.69) is 14.8 Å². The molecule has 0 saturated heterocycles. The zero-order chi connectivity index (χ0) is 21.1. The second kappa shape index (κ2) is 8.00. The number of anilines is 1. The lowest BCUT2D eigenvalue weighted by atomic mass is 10.1. The van der Waals surface area contributed by atoms with Crippen LogP contribution in [0.4, 0.5) is 6.01 Å². The van der Waals surface area contributed by atoms with Crippen molar-refractivity contribution in [2.24, 2.45) is 7.05 Å². The Labute approximate surface area is 171 Å². The van der Waals surface area contributed by atoms with Gasteiger partial charge in [-0.05, 0) is 48.5 Å². The Balaban J connectivity index is 0.000000158. The minimum atomic E-state index is 0.0915. The Morgan fingerprint density at radius 1 is 0.833 bits per heavy atom. The van der Waals surface area contributed by atoms with Crippen LogP contribution in [-0.4, -0.2) is 27.3 Å². The lowest BCUT2D eigenvalue weighted by Crippen LogP contribution is -1.87. The van der Waals surface area contributed by atoms with Gasteiger partial charge in [-0.1, -0.05) is 23.3 Å². The molecule has 2 heterocycles. The molecule has 30 heavy (non-hydrogen) atoms. The van der Waals surface area contributed by atoms with Crippen LogP contribution in [0.5, 0.6) is 0 Å². The molecule has 0 unspecified atom stereocenters. The minimum absolute atomic E-state index is 0.0915. The highest BCUT2D eigenvalue weighted by atomic mass is 16.4. The van der Waals surface area contributed by atoms with Gasteiger partial charge in [0, 0.05) is 45.5 Å². The number of carbonyl (C=O) groups is 2. The summed E-state index contributed by atoms with van der Waals surface area (Å²) in [7, 11) is 1.98. The smallest absolute Gasteiger partial charge is 0.313 e. The fraction of sp³-hybridized carbons (Fsp3) is 0.0435. The largest absolute Gasteiger partial charge is 0.404 e. The van der Waals surface area contributed by atoms with Gasteiger partial charge in [0.25, 0.3) is 0 Å². The zero-order valence-electron chi connectivity index (χ0n) is 16.1. The first kappa shape index (κ1) is 19.1. The zero-order valence-corrected chi connectivity index (χ0v) is 16.1. The minimum Gasteiger partial charge on any atom is -0.404 e. The van der Waals surface area contributed by atoms with E-state index in [1.54, 1.807) is 12.1 Å². The van der Waals surface area contributed by atoms with Crippen LogP contribution in [0.15, 0.2) is 71.1 Å². The number of hydrogen-bond donors (Lipinski definition) is 1. The molecule has 3 aromatic carbocycles. The predicted octanol–water partition coefficient (Wildman–Crippen LogP) is 4.28. The summed E-state index contributed by atoms with van der Waals surface area (Å²) < 4.78 is 7.09. The molecular formula is C23H18N4O3. The van der Waals surface area contributed by atoms with Crippen molar-refractivity contribution in [1.82, 2.24) is 14.8 Å². The van der Waals surface area contributed by atoms with E-state index in [0.29, 0.717) is 17.0 Å². The van der Waals surface area contributed by atoms with Crippen LogP contribution in [-0.2, 0) is 7.05 Å². The summed E-state index contributed by atoms with van der Waals surface area (Å²) >= 11 is 0. The van der Waals surface area contributed by atoms with Gasteiger partial charge in [0.1, 0.15) is 12.6 Å². The molecule has 5 rings (SSSR count). The third-order valence-electron chi connectivity index (χ3n) is 4.79. The van der Waals surface area contributed by atoms with E-state index in [1.165, 1.54) is 0 Å². The van der Waals surface area contributed by atoms with E-state index in [-0.39, 0.29) is 6.01 Å². The Morgan fingerprint density at radius 2 is 1.40 bits per heavy atom. The monoisotopic (exact) mass is 398 g/mol. The number of aryl methyl sites for hydroxylation is 1. The summed E-state index contributed by atoms with van der Waals surface area (Å²) in [5.74, 6) is 0.452. The Morgan fingerprint density at radius 3 is 1.87 bits per heavy atom. The maximum atomic E-state index is 10.9. The molecule has 0 atom stereocenters. The van der Waals surface area contributed by atoms with Crippen LogP contribution in [0, 0.1) is 0 Å². The Bertz CT molecular complexity index is 1290. The molecule has 0 radical (unpaired) electrons. The first-order chi connectivity index (χ1) is 14.6. The highest BCUT2D eigenvalue weighted by Crippen LogP contribution is 2.29. The number of aromatic nitrogens is 3. The van der Waals surface area contributed by atoms with Gasteiger partial charge in [-0.3, -0.25) is 9.59 Å². The summed E-state index contributed by atoms with van der Waals surface area (Å²) in [6.45, 7) is 0. The topological polar surface area (TPSA) is 104 Å². The lowest BCUT2D eigenvalue weighted by Gasteiger charge is -1.97. The molecule has 0 amide bonds. The maximum absolute atomic E-state index is 10.9. The molecule has 7 heteroatoms. The average Bonchev–Trinajstić information content (AvgIpc) is 3.36. The van der Waals surface area contributed by atoms with Crippen molar-refractivity contribution in [3.05, 3.63) is 77.9 Å². The molecule has 0 spiro atoms. The number of nitrogens with zero attached hydrogens (tertiary/aromatic N) is 3. The summed E-state index contributed by atoms with van der Waals surface area (Å²) in [5, 5.41) is 9.30. The van der Waals surface area contributed by atoms with Gasteiger partial charge in [-0.25, -0.2) is 0 Å². The van der Waals surface area contributed by atoms with Crippen LogP contribution in [0.2, 0.25) is 0 Å². The van der Waals surface area contributed by atoms with Crippen LogP contribution in [0.3, 0.4) is 0 Å². The highest BCUT2D eigenvalue weighted by Gasteiger charge is 2.09. The molecule has 2 N–H and O–H groups in total. The van der Waals surface area contributed by atoms with Gasteiger partial charge in [-0.2, -0.15) is 0 Å². The third kappa shape index (κ3) is 3.56. The third-order valence-corrected chi connectivity index (χ3v) is 4.79. The Hall–Kier alpha value is -4.26. The molecule has 7 nitrogen and oxygen atoms in total. The standard InChI is InChI=1S/C15H11NO2.C8H7N3O/c1-16-14-4-2-10(8-17)6-12(14)13-7-11(9-18)3-5-15(13)16;9-8-11-10-7(12-8)6-4-2-1-3-5-6/h2-9H,1H3;1-5H,(H2,9,11). The first-order valence-electron chi connectivity index (χ1n) is 9.17. The summed E-state index contributed by atoms with van der Waals surface area (Å²) in [6, 6.07) is 20.8. The predicted molar refractivity (Wildman–Crippen MR) is 115 cm³/mol. The SMILES string of the molecule is Cn1c2ccc(C=O)cc2c2cc(C=O)ccc21.Nc1nnc(-c2ccccc2)o1. The van der Waals surface area contributed by atoms with Crippen molar-refractivity contribution in [2.45, 2.75) is 0 Å². The highest BCUT2D eigenvalue weighted by molar-refractivity contribution is 6.10. The number of nitrogen functional groups attached to an aromatic ring is 1. The number of aldehydes is 2. The molecule has 0 fully saturated rings. The van der Waals surface area contributed by atoms with Crippen LogP contribution in [0.25, 0.3) is 33.3 Å². The van der Waals surface area contributed by atoms with E-state index < -0.39 is 0 Å². The van der Waals surface area contributed by atoms with Gasteiger partial charge in [-0.15, -0.1) is 5.10 Å².